The lowest BCUT2D eigenvalue weighted by molar-refractivity contribution is 0.256. The first kappa shape index (κ1) is 11.8. The number of rotatable bonds is 6. The zero-order valence-electron chi connectivity index (χ0n) is 9.59. The van der Waals surface area contributed by atoms with E-state index in [9.17, 15) is 0 Å². The van der Waals surface area contributed by atoms with Gasteiger partial charge in [0, 0.05) is 38.1 Å². The normalized spacial score (nSPS) is 15.7. The molecule has 1 saturated carbocycles. The van der Waals surface area contributed by atoms with Gasteiger partial charge in [0.05, 0.1) is 5.69 Å². The van der Waals surface area contributed by atoms with Crippen molar-refractivity contribution < 1.29 is 0 Å². The fraction of sp³-hybridized carbons (Fsp3) is 0.636. The smallest absolute Gasteiger partial charge is 0.119 e. The van der Waals surface area contributed by atoms with Gasteiger partial charge in [-0.05, 0) is 19.1 Å². The van der Waals surface area contributed by atoms with E-state index in [2.05, 4.69) is 14.9 Å². The summed E-state index contributed by atoms with van der Waals surface area (Å²) in [6, 6.07) is 0.722. The van der Waals surface area contributed by atoms with Crippen molar-refractivity contribution >= 4 is 11.8 Å². The third-order valence-corrected chi connectivity index (χ3v) is 3.49. The molecule has 16 heavy (non-hydrogen) atoms. The van der Waals surface area contributed by atoms with Crippen LogP contribution in [-0.4, -0.2) is 40.3 Å². The molecule has 5 heteroatoms. The highest BCUT2D eigenvalue weighted by Gasteiger charge is 2.29. The van der Waals surface area contributed by atoms with Crippen molar-refractivity contribution in [3.05, 3.63) is 18.1 Å². The van der Waals surface area contributed by atoms with E-state index in [4.69, 9.17) is 5.73 Å². The summed E-state index contributed by atoms with van der Waals surface area (Å²) >= 11 is 1.66. The maximum atomic E-state index is 5.64. The Morgan fingerprint density at radius 2 is 2.19 bits per heavy atom. The topological polar surface area (TPSA) is 55.0 Å². The molecular formula is C11H18N4S. The SMILES string of the molecule is CSc1nccnc1CN(CCN)C1CC1. The fourth-order valence-electron chi connectivity index (χ4n) is 1.82. The van der Waals surface area contributed by atoms with Crippen LogP contribution in [0, 0.1) is 0 Å². The Labute approximate surface area is 101 Å². The van der Waals surface area contributed by atoms with E-state index in [1.807, 2.05) is 6.26 Å². The highest BCUT2D eigenvalue weighted by Crippen LogP contribution is 2.28. The molecule has 1 aromatic heterocycles. The maximum Gasteiger partial charge on any atom is 0.119 e. The molecule has 1 aliphatic carbocycles. The van der Waals surface area contributed by atoms with Crippen LogP contribution >= 0.6 is 11.8 Å². The van der Waals surface area contributed by atoms with E-state index >= 15 is 0 Å². The molecule has 0 saturated heterocycles. The number of aromatic nitrogens is 2. The van der Waals surface area contributed by atoms with Crippen molar-refractivity contribution in [3.8, 4) is 0 Å². The van der Waals surface area contributed by atoms with E-state index in [0.717, 1.165) is 29.9 Å². The van der Waals surface area contributed by atoms with Gasteiger partial charge in [0.2, 0.25) is 0 Å². The van der Waals surface area contributed by atoms with Gasteiger partial charge in [0.1, 0.15) is 5.03 Å². The minimum absolute atomic E-state index is 0.714. The molecule has 0 spiro atoms. The Morgan fingerprint density at radius 3 is 2.81 bits per heavy atom. The molecule has 0 atom stereocenters. The second kappa shape index (κ2) is 5.61. The molecule has 0 bridgehead atoms. The van der Waals surface area contributed by atoms with Gasteiger partial charge in [-0.25, -0.2) is 4.98 Å². The van der Waals surface area contributed by atoms with Crippen LogP contribution in [0.3, 0.4) is 0 Å². The van der Waals surface area contributed by atoms with Crippen molar-refractivity contribution in [2.75, 3.05) is 19.3 Å². The second-order valence-corrected chi connectivity index (χ2v) is 4.80. The van der Waals surface area contributed by atoms with E-state index in [1.165, 1.54) is 12.8 Å². The molecule has 1 aromatic rings. The lowest BCUT2D eigenvalue weighted by atomic mass is 10.3. The van der Waals surface area contributed by atoms with E-state index in [0.29, 0.717) is 6.54 Å². The average Bonchev–Trinajstić information content (AvgIpc) is 3.13. The molecule has 88 valence electrons. The van der Waals surface area contributed by atoms with Crippen LogP contribution in [0.25, 0.3) is 0 Å². The van der Waals surface area contributed by atoms with Crippen LogP contribution < -0.4 is 5.73 Å². The second-order valence-electron chi connectivity index (χ2n) is 4.00. The standard InChI is InChI=1S/C11H18N4S/c1-16-11-10(13-5-6-14-11)8-15(7-4-12)9-2-3-9/h5-6,9H,2-4,7-8,12H2,1H3. The van der Waals surface area contributed by atoms with Gasteiger partial charge < -0.3 is 5.73 Å². The molecule has 1 fully saturated rings. The van der Waals surface area contributed by atoms with Gasteiger partial charge in [0.15, 0.2) is 0 Å². The molecule has 1 heterocycles. The van der Waals surface area contributed by atoms with Crippen molar-refractivity contribution in [1.29, 1.82) is 0 Å². The average molecular weight is 238 g/mol. The predicted octanol–water partition coefficient (Wildman–Crippen LogP) is 1.12. The maximum absolute atomic E-state index is 5.64. The first-order valence-electron chi connectivity index (χ1n) is 5.63. The van der Waals surface area contributed by atoms with Gasteiger partial charge in [0.25, 0.3) is 0 Å². The summed E-state index contributed by atoms with van der Waals surface area (Å²) in [5, 5.41) is 1.03. The number of nitrogens with two attached hydrogens (primary N) is 1. The van der Waals surface area contributed by atoms with Gasteiger partial charge in [-0.3, -0.25) is 9.88 Å². The molecule has 0 radical (unpaired) electrons. The zero-order chi connectivity index (χ0) is 11.4. The molecule has 0 unspecified atom stereocenters. The Balaban J connectivity index is 2.05. The monoisotopic (exact) mass is 238 g/mol. The summed E-state index contributed by atoms with van der Waals surface area (Å²) < 4.78 is 0. The van der Waals surface area contributed by atoms with Crippen molar-refractivity contribution in [1.82, 2.24) is 14.9 Å². The lowest BCUT2D eigenvalue weighted by Crippen LogP contribution is -2.31. The summed E-state index contributed by atoms with van der Waals surface area (Å²) in [5.74, 6) is 0. The lowest BCUT2D eigenvalue weighted by Gasteiger charge is -2.21. The highest BCUT2D eigenvalue weighted by molar-refractivity contribution is 7.98. The largest absolute Gasteiger partial charge is 0.329 e. The first-order chi connectivity index (χ1) is 7.85. The predicted molar refractivity (Wildman–Crippen MR) is 66.3 cm³/mol. The highest BCUT2D eigenvalue weighted by atomic mass is 32.2. The molecule has 1 aliphatic rings. The van der Waals surface area contributed by atoms with Gasteiger partial charge >= 0.3 is 0 Å². The quantitative estimate of drug-likeness (QED) is 0.753. The molecule has 4 nitrogen and oxygen atoms in total. The Kier molecular flexibility index (Phi) is 4.15. The minimum Gasteiger partial charge on any atom is -0.329 e. The van der Waals surface area contributed by atoms with E-state index in [-0.39, 0.29) is 0 Å². The van der Waals surface area contributed by atoms with Crippen LogP contribution in [-0.2, 0) is 6.54 Å². The molecule has 2 rings (SSSR count). The van der Waals surface area contributed by atoms with Crippen LogP contribution in [0.15, 0.2) is 17.4 Å². The van der Waals surface area contributed by atoms with Crippen LogP contribution in [0.1, 0.15) is 18.5 Å². The Bertz CT molecular complexity index is 341. The van der Waals surface area contributed by atoms with E-state index in [1.54, 1.807) is 24.2 Å². The molecule has 0 aliphatic heterocycles. The van der Waals surface area contributed by atoms with E-state index < -0.39 is 0 Å². The van der Waals surface area contributed by atoms with Crippen molar-refractivity contribution in [2.45, 2.75) is 30.5 Å². The Hall–Kier alpha value is -0.650. The summed E-state index contributed by atoms with van der Waals surface area (Å²) in [7, 11) is 0. The number of thioether (sulfide) groups is 1. The number of nitrogens with zero attached hydrogens (tertiary/aromatic N) is 3. The van der Waals surface area contributed by atoms with Crippen molar-refractivity contribution in [3.63, 3.8) is 0 Å². The molecule has 0 amide bonds. The summed E-state index contributed by atoms with van der Waals surface area (Å²) in [4.78, 5) is 11.2. The van der Waals surface area contributed by atoms with Crippen molar-refractivity contribution in [2.24, 2.45) is 5.73 Å². The summed E-state index contributed by atoms with van der Waals surface area (Å²) in [6.07, 6.45) is 8.16. The van der Waals surface area contributed by atoms with Crippen LogP contribution in [0.5, 0.6) is 0 Å². The molecular weight excluding hydrogens is 220 g/mol. The minimum atomic E-state index is 0.714. The number of hydrogen-bond acceptors (Lipinski definition) is 5. The molecule has 0 aromatic carbocycles. The first-order valence-corrected chi connectivity index (χ1v) is 6.85. The molecule has 2 N–H and O–H groups in total. The van der Waals surface area contributed by atoms with Gasteiger partial charge in [-0.1, -0.05) is 0 Å². The zero-order valence-corrected chi connectivity index (χ0v) is 10.4. The Morgan fingerprint density at radius 1 is 1.44 bits per heavy atom. The third-order valence-electron chi connectivity index (χ3n) is 2.76. The summed E-state index contributed by atoms with van der Waals surface area (Å²) in [5.41, 5.74) is 6.72. The third kappa shape index (κ3) is 2.93. The van der Waals surface area contributed by atoms with Gasteiger partial charge in [-0.15, -0.1) is 11.8 Å². The number of hydrogen-bond donors (Lipinski definition) is 1. The van der Waals surface area contributed by atoms with Crippen LogP contribution in [0.2, 0.25) is 0 Å². The summed E-state index contributed by atoms with van der Waals surface area (Å²) in [6.45, 7) is 2.55. The fourth-order valence-corrected chi connectivity index (χ4v) is 2.34. The van der Waals surface area contributed by atoms with Gasteiger partial charge in [-0.2, -0.15) is 0 Å². The van der Waals surface area contributed by atoms with Crippen LogP contribution in [0.4, 0.5) is 0 Å².